The van der Waals surface area contributed by atoms with Gasteiger partial charge in [-0.1, -0.05) is 25.7 Å². The van der Waals surface area contributed by atoms with E-state index in [1.54, 1.807) is 0 Å². The van der Waals surface area contributed by atoms with Crippen molar-refractivity contribution < 1.29 is 33.8 Å². The number of likely N-dealkylation sites (tertiary alicyclic amines) is 1. The molecule has 84 heavy (non-hydrogen) atoms. The van der Waals surface area contributed by atoms with E-state index in [1.165, 1.54) is 327 Å². The lowest BCUT2D eigenvalue weighted by Crippen LogP contribution is -2.59. The van der Waals surface area contributed by atoms with E-state index >= 15 is 14.4 Å². The second-order valence-electron chi connectivity index (χ2n) is 29.0. The topological polar surface area (TPSA) is 110 Å². The lowest BCUT2D eigenvalue weighted by molar-refractivity contribution is -0.159. The maximum absolute atomic E-state index is 16.6. The van der Waals surface area contributed by atoms with Gasteiger partial charge >= 0.3 is 17.9 Å². The first-order valence-electron chi connectivity index (χ1n) is 30.9. The van der Waals surface area contributed by atoms with Crippen LogP contribution >= 0.6 is 0 Å². The molecule has 0 saturated carbocycles. The number of carbonyl (C=O) groups is 4. The third-order valence-electron chi connectivity index (χ3n) is 28.0. The van der Waals surface area contributed by atoms with Gasteiger partial charge in [-0.25, -0.2) is 9.59 Å². The molecular weight excluding hydrogens is 1040 g/mol. The fourth-order valence-electron chi connectivity index (χ4n) is 27.4. The monoisotopic (exact) mass is 1060 g/mol. The lowest BCUT2D eigenvalue weighted by Gasteiger charge is -2.51. The third kappa shape index (κ3) is 2.19. The van der Waals surface area contributed by atoms with Crippen LogP contribution in [0.15, 0.2) is 0 Å². The highest BCUT2D eigenvalue weighted by atomic mass is 16.5. The SMILES string of the molecule is COC(=O)[C@@H]1N(C(=O)CCCCCCCCC(=O)O)[C@@H](C(=O)OC)C23c4c5c6c7c8c9c(c%10c%11c2c2c4c4c%12c5c5c6c6c8c8c%13c9c9c%10c%10c%11c%11c2c2c4c4c%12c%12c5c5c6c8c6c8c%13c9c9c%10c%10c%11c2c2c4c4c%12c5c6c5c8c9c%10c2c45)C713. The highest BCUT2D eigenvalue weighted by Crippen LogP contribution is 2.87. The Morgan fingerprint density at radius 1 is 0.286 bits per heavy atom. The first-order valence-corrected chi connectivity index (χ1v) is 30.9. The van der Waals surface area contributed by atoms with Gasteiger partial charge in [-0.15, -0.1) is 0 Å². The molecule has 0 bridgehead atoms. The second-order valence-corrected chi connectivity index (χ2v) is 29.0. The van der Waals surface area contributed by atoms with Gasteiger partial charge in [0.05, 0.1) is 25.0 Å². The van der Waals surface area contributed by atoms with Crippen molar-refractivity contribution in [2.75, 3.05) is 14.2 Å². The number of methoxy groups -OCH3 is 2. The molecule has 1 amide bonds. The summed E-state index contributed by atoms with van der Waals surface area (Å²) in [6.07, 6.45) is 4.86. The molecular formula is C76H25NO7. The number of unbranched alkanes of at least 4 members (excludes halogenated alkanes) is 5. The van der Waals surface area contributed by atoms with Crippen LogP contribution in [-0.4, -0.2) is 60.1 Å². The van der Waals surface area contributed by atoms with Gasteiger partial charge < -0.3 is 19.5 Å². The van der Waals surface area contributed by atoms with Crippen molar-refractivity contribution in [3.63, 3.8) is 0 Å². The minimum absolute atomic E-state index is 0.154. The van der Waals surface area contributed by atoms with Crippen molar-refractivity contribution >= 4 is 315 Å². The van der Waals surface area contributed by atoms with Crippen LogP contribution in [0.25, 0.3) is 291 Å². The number of amides is 1. The fourth-order valence-corrected chi connectivity index (χ4v) is 27.4. The number of carboxylic acid groups (broad SMARTS) is 1. The summed E-state index contributed by atoms with van der Waals surface area (Å²) < 4.78 is 12.8. The predicted octanol–water partition coefficient (Wildman–Crippen LogP) is 17.4. The Morgan fingerprint density at radius 2 is 0.452 bits per heavy atom. The van der Waals surface area contributed by atoms with E-state index in [0.29, 0.717) is 12.8 Å². The summed E-state index contributed by atoms with van der Waals surface area (Å²) >= 11 is 0. The van der Waals surface area contributed by atoms with Crippen LogP contribution in [-0.2, 0) is 39.5 Å². The number of esters is 2. The Morgan fingerprint density at radius 3 is 0.631 bits per heavy atom. The smallest absolute Gasteiger partial charge is 0.329 e. The Hall–Kier alpha value is -9.66. The quantitative estimate of drug-likeness (QED) is 0.0780. The summed E-state index contributed by atoms with van der Waals surface area (Å²) in [5, 5.41) is 85.9. The normalized spacial score (nSPS) is 22.4. The Labute approximate surface area is 461 Å². The van der Waals surface area contributed by atoms with Crippen molar-refractivity contribution in [3.8, 4) is 0 Å². The Bertz CT molecular complexity index is 7160. The van der Waals surface area contributed by atoms with Crippen molar-refractivity contribution in [1.82, 2.24) is 4.90 Å². The van der Waals surface area contributed by atoms with E-state index < -0.39 is 40.8 Å². The molecule has 2 spiro atoms. The minimum Gasteiger partial charge on any atom is -0.481 e. The maximum Gasteiger partial charge on any atom is 0.329 e. The molecule has 1 heterocycles. The van der Waals surface area contributed by atoms with Gasteiger partial charge in [0.15, 0.2) is 0 Å². The summed E-state index contributed by atoms with van der Waals surface area (Å²) in [6, 6.07) is -2.41. The van der Waals surface area contributed by atoms with Gasteiger partial charge in [-0.05, 0) is 326 Å². The van der Waals surface area contributed by atoms with Crippen LogP contribution < -0.4 is 0 Å². The van der Waals surface area contributed by atoms with Crippen molar-refractivity contribution in [2.45, 2.75) is 74.3 Å². The molecule has 1 N–H and O–H groups in total. The third-order valence-corrected chi connectivity index (χ3v) is 28.0. The molecule has 28 aromatic rings. The van der Waals surface area contributed by atoms with Gasteiger partial charge in [-0.2, -0.15) is 0 Å². The summed E-state index contributed by atoms with van der Waals surface area (Å²) in [5.41, 5.74) is 2.14. The molecule has 376 valence electrons. The molecule has 8 heteroatoms. The number of benzene rings is 18. The van der Waals surface area contributed by atoms with Gasteiger partial charge in [0.2, 0.25) is 5.91 Å². The summed E-state index contributed by atoms with van der Waals surface area (Å²) in [5.74, 6) is -1.91. The Balaban J connectivity index is 0.948. The van der Waals surface area contributed by atoms with Crippen molar-refractivity contribution in [1.29, 1.82) is 0 Å². The molecule has 0 radical (unpaired) electrons. The highest BCUT2D eigenvalue weighted by Gasteiger charge is 2.83. The molecule has 33 rings (SSSR count). The molecule has 28 aromatic carbocycles. The average molecular weight is 1060 g/mol. The van der Waals surface area contributed by atoms with Crippen LogP contribution in [0.2, 0.25) is 0 Å². The average Bonchev–Trinajstić information content (AvgIpc) is 1.38. The van der Waals surface area contributed by atoms with E-state index in [-0.39, 0.29) is 18.7 Å². The molecule has 0 aromatic heterocycles. The molecule has 1 saturated heterocycles. The maximum atomic E-state index is 16.6. The van der Waals surface area contributed by atoms with Crippen LogP contribution in [0.5, 0.6) is 0 Å². The van der Waals surface area contributed by atoms with Crippen molar-refractivity contribution in [3.05, 3.63) is 22.3 Å². The van der Waals surface area contributed by atoms with E-state index in [0.717, 1.165) is 25.7 Å². The molecule has 5 aliphatic rings. The Kier molecular flexibility index (Phi) is 3.83. The number of hydrogen-bond acceptors (Lipinski definition) is 6. The van der Waals surface area contributed by atoms with E-state index in [9.17, 15) is 9.90 Å². The number of rotatable bonds is 11. The first kappa shape index (κ1) is 36.0. The molecule has 1 fully saturated rings. The number of aliphatic carboxylic acids is 1. The fraction of sp³-hybridized carbons (Fsp3) is 0.184. The van der Waals surface area contributed by atoms with E-state index in [4.69, 9.17) is 9.47 Å². The number of carboxylic acids is 1. The zero-order valence-corrected chi connectivity index (χ0v) is 44.2. The minimum atomic E-state index is -1.29. The van der Waals surface area contributed by atoms with Crippen LogP contribution in [0, 0.1) is 0 Å². The second kappa shape index (κ2) is 8.93. The van der Waals surface area contributed by atoms with Gasteiger partial charge in [0.1, 0.15) is 12.1 Å². The van der Waals surface area contributed by atoms with Crippen LogP contribution in [0.3, 0.4) is 0 Å². The molecule has 1 aliphatic heterocycles. The summed E-state index contributed by atoms with van der Waals surface area (Å²) in [7, 11) is 3.02. The molecule has 4 aliphatic carbocycles. The summed E-state index contributed by atoms with van der Waals surface area (Å²) in [6.45, 7) is 0. The standard InChI is InChI=1S/C76H25NO7/c1-83-73(81)71-75-67-59-51-41-31-23-15-13-14-17-21-19(15)27-35-29(21)39-33-25(17)26-18(14)22-20-16(13)24(23)32-38-28(20)36-30(22)40-34(26)44-43(33)53-47(39)57-49(35)55(45(51)37(27)31)63(67)65(57)69-61(53)62-54(44)48(40)58-50(36)56-46(38)52(42(32)41)60(59)68(75)64(56)66(58)70(62)76(69,75)72(74(82)84-2)77(71)11(78)9-7-5-3-4-6-8-10-12(79)80/h71-72H,3-10H2,1-2H3,(H,79,80)/t71-,72-,75?,76?/m0/s1. The zero-order valence-electron chi connectivity index (χ0n) is 44.2. The number of ether oxygens (including phenoxy) is 2. The van der Waals surface area contributed by atoms with Gasteiger partial charge in [-0.3, -0.25) is 9.59 Å². The summed E-state index contributed by atoms with van der Waals surface area (Å²) in [4.78, 5) is 63.1. The highest BCUT2D eigenvalue weighted by molar-refractivity contribution is 6.82. The van der Waals surface area contributed by atoms with Gasteiger partial charge in [0, 0.05) is 12.8 Å². The number of nitrogens with zero attached hydrogens (tertiary/aromatic N) is 1. The van der Waals surface area contributed by atoms with E-state index in [2.05, 4.69) is 0 Å². The van der Waals surface area contributed by atoms with Crippen LogP contribution in [0.1, 0.15) is 73.6 Å². The zero-order chi connectivity index (χ0) is 52.6. The first-order chi connectivity index (χ1) is 41.4. The number of hydrogen-bond donors (Lipinski definition) is 1. The number of carbonyl (C=O) groups excluding carboxylic acids is 3. The lowest BCUT2D eigenvalue weighted by atomic mass is 9.46. The van der Waals surface area contributed by atoms with Gasteiger partial charge in [0.25, 0.3) is 0 Å². The van der Waals surface area contributed by atoms with Crippen molar-refractivity contribution in [2.24, 2.45) is 0 Å². The molecule has 0 unspecified atom stereocenters. The largest absolute Gasteiger partial charge is 0.481 e. The molecule has 2 atom stereocenters. The van der Waals surface area contributed by atoms with E-state index in [1.807, 2.05) is 4.90 Å². The van der Waals surface area contributed by atoms with Crippen LogP contribution in [0.4, 0.5) is 0 Å². The molecule has 8 nitrogen and oxygen atoms in total. The predicted molar refractivity (Wildman–Crippen MR) is 337 cm³/mol.